The second-order valence-corrected chi connectivity index (χ2v) is 8.11. The second kappa shape index (κ2) is 12.0. The van der Waals surface area contributed by atoms with Crippen molar-refractivity contribution in [3.63, 3.8) is 0 Å². The molecule has 0 aliphatic carbocycles. The molecular weight excluding hydrogens is 510 g/mol. The number of carbonyl (C=O) groups excluding carboxylic acids is 2. The van der Waals surface area contributed by atoms with E-state index < -0.39 is 11.8 Å². The number of nitrogens with zero attached hydrogens (tertiary/aromatic N) is 1. The number of rotatable bonds is 8. The molecule has 0 bridgehead atoms. The lowest BCUT2D eigenvalue weighted by Crippen LogP contribution is -2.37. The number of benzene rings is 3. The molecular formula is C24H21BrClN3O4. The summed E-state index contributed by atoms with van der Waals surface area (Å²) in [5, 5.41) is 7.04. The molecule has 7 nitrogen and oxygen atoms in total. The SMILES string of the molecule is COc1cc(/C=N/NC(=O)C(=O)NCc2ccccc2)cc(Br)c1OCc1ccc(Cl)cc1. The number of halogens is 2. The van der Waals surface area contributed by atoms with Crippen LogP contribution in [0.3, 0.4) is 0 Å². The molecule has 3 aromatic carbocycles. The zero-order valence-corrected chi connectivity index (χ0v) is 20.0. The monoisotopic (exact) mass is 529 g/mol. The number of hydrazone groups is 1. The van der Waals surface area contributed by atoms with Gasteiger partial charge >= 0.3 is 11.8 Å². The number of hydrogen-bond acceptors (Lipinski definition) is 5. The minimum Gasteiger partial charge on any atom is -0.493 e. The molecule has 0 aromatic heterocycles. The Morgan fingerprint density at radius 2 is 1.76 bits per heavy atom. The predicted molar refractivity (Wildman–Crippen MR) is 131 cm³/mol. The molecule has 0 atom stereocenters. The Kier molecular flexibility index (Phi) is 8.86. The molecule has 0 saturated carbocycles. The van der Waals surface area contributed by atoms with Gasteiger partial charge in [-0.1, -0.05) is 54.1 Å². The topological polar surface area (TPSA) is 89.0 Å². The molecule has 0 saturated heterocycles. The van der Waals surface area contributed by atoms with Gasteiger partial charge in [0.1, 0.15) is 6.61 Å². The van der Waals surface area contributed by atoms with E-state index in [2.05, 4.69) is 31.8 Å². The van der Waals surface area contributed by atoms with Crippen LogP contribution in [0.1, 0.15) is 16.7 Å². The van der Waals surface area contributed by atoms with Gasteiger partial charge in [0, 0.05) is 11.6 Å². The van der Waals surface area contributed by atoms with Gasteiger partial charge in [0.25, 0.3) is 0 Å². The van der Waals surface area contributed by atoms with Crippen molar-refractivity contribution in [3.05, 3.63) is 92.9 Å². The average molecular weight is 531 g/mol. The zero-order chi connectivity index (χ0) is 23.6. The van der Waals surface area contributed by atoms with E-state index >= 15 is 0 Å². The van der Waals surface area contributed by atoms with Crippen molar-refractivity contribution in [2.75, 3.05) is 7.11 Å². The van der Waals surface area contributed by atoms with E-state index in [1.54, 1.807) is 24.3 Å². The van der Waals surface area contributed by atoms with Crippen LogP contribution in [0.2, 0.25) is 5.02 Å². The van der Waals surface area contributed by atoms with E-state index in [4.69, 9.17) is 21.1 Å². The smallest absolute Gasteiger partial charge is 0.329 e. The highest BCUT2D eigenvalue weighted by Gasteiger charge is 2.13. The summed E-state index contributed by atoms with van der Waals surface area (Å²) in [6.07, 6.45) is 1.40. The van der Waals surface area contributed by atoms with Crippen molar-refractivity contribution < 1.29 is 19.1 Å². The maximum atomic E-state index is 11.9. The Morgan fingerprint density at radius 1 is 1.03 bits per heavy atom. The van der Waals surface area contributed by atoms with Gasteiger partial charge in [-0.25, -0.2) is 5.43 Å². The summed E-state index contributed by atoms with van der Waals surface area (Å²) >= 11 is 9.38. The first-order valence-corrected chi connectivity index (χ1v) is 11.0. The van der Waals surface area contributed by atoms with Crippen LogP contribution in [0.25, 0.3) is 0 Å². The number of hydrogen-bond donors (Lipinski definition) is 2. The average Bonchev–Trinajstić information content (AvgIpc) is 2.83. The molecule has 2 N–H and O–H groups in total. The van der Waals surface area contributed by atoms with Crippen LogP contribution in [0.4, 0.5) is 0 Å². The molecule has 0 aliphatic heterocycles. The molecule has 3 rings (SSSR count). The summed E-state index contributed by atoms with van der Waals surface area (Å²) in [5.74, 6) is -0.641. The summed E-state index contributed by atoms with van der Waals surface area (Å²) in [6, 6.07) is 20.1. The summed E-state index contributed by atoms with van der Waals surface area (Å²) in [7, 11) is 1.52. The zero-order valence-electron chi connectivity index (χ0n) is 17.7. The van der Waals surface area contributed by atoms with E-state index in [9.17, 15) is 9.59 Å². The van der Waals surface area contributed by atoms with Gasteiger partial charge in [-0.3, -0.25) is 9.59 Å². The highest BCUT2D eigenvalue weighted by molar-refractivity contribution is 9.10. The molecule has 0 fully saturated rings. The first-order chi connectivity index (χ1) is 16.0. The molecule has 0 spiro atoms. The summed E-state index contributed by atoms with van der Waals surface area (Å²) in [4.78, 5) is 23.9. The third kappa shape index (κ3) is 7.34. The Labute approximate surface area is 204 Å². The second-order valence-electron chi connectivity index (χ2n) is 6.82. The third-order valence-corrected chi connectivity index (χ3v) is 5.27. The summed E-state index contributed by atoms with van der Waals surface area (Å²) in [6.45, 7) is 0.576. The van der Waals surface area contributed by atoms with E-state index in [0.717, 1.165) is 11.1 Å². The number of methoxy groups -OCH3 is 1. The fourth-order valence-corrected chi connectivity index (χ4v) is 3.47. The maximum absolute atomic E-state index is 11.9. The van der Waals surface area contributed by atoms with Crippen molar-refractivity contribution in [1.82, 2.24) is 10.7 Å². The lowest BCUT2D eigenvalue weighted by Gasteiger charge is -2.13. The third-order valence-electron chi connectivity index (χ3n) is 4.43. The van der Waals surface area contributed by atoms with E-state index in [1.807, 2.05) is 42.5 Å². The first kappa shape index (κ1) is 24.3. The fourth-order valence-electron chi connectivity index (χ4n) is 2.77. The molecule has 0 aliphatic rings. The van der Waals surface area contributed by atoms with Gasteiger partial charge in [0.2, 0.25) is 0 Å². The normalized spacial score (nSPS) is 10.6. The van der Waals surface area contributed by atoms with Gasteiger partial charge in [0.05, 0.1) is 17.8 Å². The van der Waals surface area contributed by atoms with Crippen molar-refractivity contribution >= 4 is 45.6 Å². The Bertz CT molecular complexity index is 1140. The Balaban J connectivity index is 1.57. The van der Waals surface area contributed by atoms with Gasteiger partial charge in [-0.15, -0.1) is 0 Å². The Morgan fingerprint density at radius 3 is 2.45 bits per heavy atom. The van der Waals surface area contributed by atoms with Gasteiger partial charge in [-0.2, -0.15) is 5.10 Å². The summed E-state index contributed by atoms with van der Waals surface area (Å²) < 4.78 is 12.0. The van der Waals surface area contributed by atoms with Gasteiger partial charge < -0.3 is 14.8 Å². The fraction of sp³-hybridized carbons (Fsp3) is 0.125. The van der Waals surface area contributed by atoms with Crippen molar-refractivity contribution in [2.24, 2.45) is 5.10 Å². The van der Waals surface area contributed by atoms with Crippen LogP contribution in [0.15, 0.2) is 76.3 Å². The van der Waals surface area contributed by atoms with Crippen LogP contribution >= 0.6 is 27.5 Å². The lowest BCUT2D eigenvalue weighted by atomic mass is 10.2. The maximum Gasteiger partial charge on any atom is 0.329 e. The quantitative estimate of drug-likeness (QED) is 0.256. The molecule has 9 heteroatoms. The molecule has 0 heterocycles. The van der Waals surface area contributed by atoms with Gasteiger partial charge in [-0.05, 0) is 56.9 Å². The lowest BCUT2D eigenvalue weighted by molar-refractivity contribution is -0.139. The largest absolute Gasteiger partial charge is 0.493 e. The van der Waals surface area contributed by atoms with Crippen molar-refractivity contribution in [1.29, 1.82) is 0 Å². The predicted octanol–water partition coefficient (Wildman–Crippen LogP) is 4.46. The minimum absolute atomic E-state index is 0.248. The van der Waals surface area contributed by atoms with E-state index in [0.29, 0.717) is 33.2 Å². The van der Waals surface area contributed by atoms with Crippen LogP contribution in [-0.2, 0) is 22.7 Å². The summed E-state index contributed by atoms with van der Waals surface area (Å²) in [5.41, 5.74) is 4.68. The first-order valence-electron chi connectivity index (χ1n) is 9.86. The molecule has 2 amide bonds. The molecule has 33 heavy (non-hydrogen) atoms. The van der Waals surface area contributed by atoms with Crippen LogP contribution in [0, 0.1) is 0 Å². The molecule has 0 radical (unpaired) electrons. The van der Waals surface area contributed by atoms with Crippen molar-refractivity contribution in [2.45, 2.75) is 13.2 Å². The Hall–Kier alpha value is -3.36. The van der Waals surface area contributed by atoms with Crippen LogP contribution in [-0.4, -0.2) is 25.1 Å². The van der Waals surface area contributed by atoms with E-state index in [1.165, 1.54) is 13.3 Å². The van der Waals surface area contributed by atoms with E-state index in [-0.39, 0.29) is 6.54 Å². The van der Waals surface area contributed by atoms with Crippen LogP contribution in [0.5, 0.6) is 11.5 Å². The number of nitrogens with one attached hydrogen (secondary N) is 2. The minimum atomic E-state index is -0.865. The highest BCUT2D eigenvalue weighted by Crippen LogP contribution is 2.36. The van der Waals surface area contributed by atoms with Crippen molar-refractivity contribution in [3.8, 4) is 11.5 Å². The number of ether oxygens (including phenoxy) is 2. The number of carbonyl (C=O) groups is 2. The number of amides is 2. The van der Waals surface area contributed by atoms with Gasteiger partial charge in [0.15, 0.2) is 11.5 Å². The molecule has 170 valence electrons. The highest BCUT2D eigenvalue weighted by atomic mass is 79.9. The standard InChI is InChI=1S/C24H21BrClN3O4/c1-32-21-12-18(11-20(25)22(21)33-15-17-7-9-19(26)10-8-17)14-28-29-24(31)23(30)27-13-16-5-3-2-4-6-16/h2-12,14H,13,15H2,1H3,(H,27,30)(H,29,31)/b28-14+. The molecule has 0 unspecified atom stereocenters. The molecule has 3 aromatic rings. The van der Waals surface area contributed by atoms with Crippen LogP contribution < -0.4 is 20.2 Å².